The van der Waals surface area contributed by atoms with Crippen molar-refractivity contribution in [2.75, 3.05) is 0 Å². The molecule has 0 amide bonds. The molecule has 2 fully saturated rings. The van der Waals surface area contributed by atoms with E-state index in [1.54, 1.807) is 0 Å². The highest BCUT2D eigenvalue weighted by molar-refractivity contribution is 9.10. The van der Waals surface area contributed by atoms with E-state index in [9.17, 15) is 0 Å². The SMILES string of the molecule is Clc1cc(Br)c2c(c1)N=C1C3CCC(C3)N1C2. The molecule has 1 aromatic rings. The summed E-state index contributed by atoms with van der Waals surface area (Å²) >= 11 is 9.69. The van der Waals surface area contributed by atoms with Crippen molar-refractivity contribution in [3.63, 3.8) is 0 Å². The molecule has 1 saturated carbocycles. The molecule has 0 spiro atoms. The number of fused-ring (bicyclic) bond motifs is 6. The molecule has 0 N–H and O–H groups in total. The Morgan fingerprint density at radius 1 is 1.35 bits per heavy atom. The fourth-order valence-electron chi connectivity index (χ4n) is 3.40. The van der Waals surface area contributed by atoms with E-state index in [0.29, 0.717) is 5.92 Å². The molecular formula is C13H12BrClN2. The van der Waals surface area contributed by atoms with Crippen LogP contribution in [-0.2, 0) is 6.54 Å². The van der Waals surface area contributed by atoms with Gasteiger partial charge in [0.1, 0.15) is 5.84 Å². The van der Waals surface area contributed by atoms with Crippen LogP contribution in [-0.4, -0.2) is 16.8 Å². The van der Waals surface area contributed by atoms with Gasteiger partial charge in [0.05, 0.1) is 5.69 Å². The Morgan fingerprint density at radius 2 is 2.24 bits per heavy atom. The Balaban J connectivity index is 1.87. The lowest BCUT2D eigenvalue weighted by Crippen LogP contribution is -2.38. The molecule has 2 aliphatic heterocycles. The second-order valence-corrected chi connectivity index (χ2v) is 6.44. The van der Waals surface area contributed by atoms with Crippen molar-refractivity contribution in [3.05, 3.63) is 27.2 Å². The van der Waals surface area contributed by atoms with Crippen LogP contribution >= 0.6 is 27.5 Å². The van der Waals surface area contributed by atoms with Gasteiger partial charge in [-0.05, 0) is 31.4 Å². The zero-order chi connectivity index (χ0) is 11.6. The molecule has 0 aromatic heterocycles. The summed E-state index contributed by atoms with van der Waals surface area (Å²) in [5, 5.41) is 0.761. The minimum Gasteiger partial charge on any atom is -0.352 e. The zero-order valence-corrected chi connectivity index (χ0v) is 11.6. The second-order valence-electron chi connectivity index (χ2n) is 5.15. The normalized spacial score (nSPS) is 29.1. The maximum atomic E-state index is 6.09. The fraction of sp³-hybridized carbons (Fsp3) is 0.462. The predicted octanol–water partition coefficient (Wildman–Crippen LogP) is 4.13. The average molecular weight is 312 g/mol. The summed E-state index contributed by atoms with van der Waals surface area (Å²) < 4.78 is 1.09. The number of rotatable bonds is 0. The van der Waals surface area contributed by atoms with Crippen LogP contribution in [0.3, 0.4) is 0 Å². The number of hydrogen-bond donors (Lipinski definition) is 0. The minimum absolute atomic E-state index is 0.700. The van der Waals surface area contributed by atoms with E-state index in [-0.39, 0.29) is 0 Å². The van der Waals surface area contributed by atoms with Gasteiger partial charge in [0.2, 0.25) is 0 Å². The number of halogens is 2. The van der Waals surface area contributed by atoms with Crippen molar-refractivity contribution in [2.24, 2.45) is 10.9 Å². The van der Waals surface area contributed by atoms with Crippen molar-refractivity contribution < 1.29 is 0 Å². The number of piperidine rings is 1. The molecule has 1 saturated heterocycles. The van der Waals surface area contributed by atoms with E-state index in [1.807, 2.05) is 12.1 Å². The predicted molar refractivity (Wildman–Crippen MR) is 72.9 cm³/mol. The number of aliphatic imine (C=N–C) groups is 1. The summed E-state index contributed by atoms with van der Waals surface area (Å²) in [4.78, 5) is 7.34. The van der Waals surface area contributed by atoms with Crippen LogP contribution in [0.1, 0.15) is 24.8 Å². The Bertz CT molecular complexity index is 540. The lowest BCUT2D eigenvalue weighted by atomic mass is 10.0. The van der Waals surface area contributed by atoms with E-state index < -0.39 is 0 Å². The monoisotopic (exact) mass is 310 g/mol. The third kappa shape index (κ3) is 1.42. The maximum Gasteiger partial charge on any atom is 0.109 e. The van der Waals surface area contributed by atoms with Crippen molar-refractivity contribution in [2.45, 2.75) is 31.8 Å². The Kier molecular flexibility index (Phi) is 2.13. The summed E-state index contributed by atoms with van der Waals surface area (Å²) in [5.41, 5.74) is 2.34. The van der Waals surface area contributed by atoms with E-state index in [0.717, 1.165) is 27.8 Å². The summed E-state index contributed by atoms with van der Waals surface area (Å²) in [6.45, 7) is 0.993. The van der Waals surface area contributed by atoms with Crippen LogP contribution in [0.15, 0.2) is 21.6 Å². The first-order valence-electron chi connectivity index (χ1n) is 6.05. The Hall–Kier alpha value is -0.540. The van der Waals surface area contributed by atoms with Gasteiger partial charge in [-0.3, -0.25) is 0 Å². The first-order valence-corrected chi connectivity index (χ1v) is 7.22. The van der Waals surface area contributed by atoms with Crippen molar-refractivity contribution in [3.8, 4) is 0 Å². The fourth-order valence-corrected chi connectivity index (χ4v) is 4.32. The minimum atomic E-state index is 0.700. The third-order valence-corrected chi connectivity index (χ3v) is 5.13. The van der Waals surface area contributed by atoms with E-state index in [4.69, 9.17) is 16.6 Å². The van der Waals surface area contributed by atoms with Gasteiger partial charge >= 0.3 is 0 Å². The Morgan fingerprint density at radius 3 is 3.12 bits per heavy atom. The molecule has 88 valence electrons. The lowest BCUT2D eigenvalue weighted by molar-refractivity contribution is 0.316. The molecule has 1 aliphatic carbocycles. The second kappa shape index (κ2) is 3.48. The van der Waals surface area contributed by atoms with Gasteiger partial charge in [-0.25, -0.2) is 4.99 Å². The van der Waals surface area contributed by atoms with Crippen LogP contribution in [0.2, 0.25) is 5.02 Å². The standard InChI is InChI=1S/C13H12BrClN2/c14-11-4-8(15)5-12-10(11)6-17-9-2-1-7(3-9)13(17)16-12/h4-5,7,9H,1-3,6H2. The van der Waals surface area contributed by atoms with Crippen molar-refractivity contribution in [1.82, 2.24) is 4.90 Å². The maximum absolute atomic E-state index is 6.09. The van der Waals surface area contributed by atoms with Gasteiger partial charge in [-0.15, -0.1) is 0 Å². The molecule has 1 aromatic carbocycles. The number of benzene rings is 1. The molecule has 2 unspecified atom stereocenters. The molecule has 17 heavy (non-hydrogen) atoms. The van der Waals surface area contributed by atoms with Gasteiger partial charge < -0.3 is 4.90 Å². The molecule has 2 nitrogen and oxygen atoms in total. The van der Waals surface area contributed by atoms with Gasteiger partial charge in [-0.1, -0.05) is 27.5 Å². The van der Waals surface area contributed by atoms with Crippen LogP contribution in [0.4, 0.5) is 5.69 Å². The molecular weight excluding hydrogens is 300 g/mol. The molecule has 2 heterocycles. The van der Waals surface area contributed by atoms with Gasteiger partial charge in [0.15, 0.2) is 0 Å². The van der Waals surface area contributed by atoms with E-state index in [1.165, 1.54) is 30.7 Å². The third-order valence-electron chi connectivity index (χ3n) is 4.21. The Labute approximate surface area is 114 Å². The topological polar surface area (TPSA) is 15.6 Å². The van der Waals surface area contributed by atoms with Crippen LogP contribution in [0.25, 0.3) is 0 Å². The molecule has 4 heteroatoms. The number of nitrogens with zero attached hydrogens (tertiary/aromatic N) is 2. The summed E-state index contributed by atoms with van der Waals surface area (Å²) in [7, 11) is 0. The smallest absolute Gasteiger partial charge is 0.109 e. The van der Waals surface area contributed by atoms with Gasteiger partial charge in [-0.2, -0.15) is 0 Å². The lowest BCUT2D eigenvalue weighted by Gasteiger charge is -2.34. The largest absolute Gasteiger partial charge is 0.352 e. The van der Waals surface area contributed by atoms with E-state index >= 15 is 0 Å². The van der Waals surface area contributed by atoms with Crippen molar-refractivity contribution >= 4 is 39.1 Å². The van der Waals surface area contributed by atoms with E-state index in [2.05, 4.69) is 20.8 Å². The number of hydrogen-bond acceptors (Lipinski definition) is 2. The summed E-state index contributed by atoms with van der Waals surface area (Å²) in [6, 6.07) is 4.68. The highest BCUT2D eigenvalue weighted by atomic mass is 79.9. The highest BCUT2D eigenvalue weighted by Crippen LogP contribution is 2.46. The quantitative estimate of drug-likeness (QED) is 0.703. The van der Waals surface area contributed by atoms with Gasteiger partial charge in [0, 0.05) is 33.6 Å². The highest BCUT2D eigenvalue weighted by Gasteiger charge is 2.44. The number of amidine groups is 1. The summed E-state index contributed by atoms with van der Waals surface area (Å²) in [6.07, 6.45) is 3.96. The molecule has 2 atom stereocenters. The summed E-state index contributed by atoms with van der Waals surface area (Å²) in [5.74, 6) is 2.01. The zero-order valence-electron chi connectivity index (χ0n) is 9.29. The van der Waals surface area contributed by atoms with Gasteiger partial charge in [0.25, 0.3) is 0 Å². The molecule has 0 radical (unpaired) electrons. The van der Waals surface area contributed by atoms with Crippen LogP contribution < -0.4 is 0 Å². The van der Waals surface area contributed by atoms with Crippen LogP contribution in [0, 0.1) is 5.92 Å². The molecule has 3 aliphatic rings. The first-order chi connectivity index (χ1) is 8.22. The first kappa shape index (κ1) is 10.4. The van der Waals surface area contributed by atoms with Crippen LogP contribution in [0.5, 0.6) is 0 Å². The molecule has 4 rings (SSSR count). The molecule has 2 bridgehead atoms. The average Bonchev–Trinajstić information content (AvgIpc) is 2.87. The van der Waals surface area contributed by atoms with Crippen molar-refractivity contribution in [1.29, 1.82) is 0 Å².